The molecule has 0 spiro atoms. The molecule has 0 unspecified atom stereocenters. The second kappa shape index (κ2) is 4.66. The van der Waals surface area contributed by atoms with Crippen LogP contribution in [0.25, 0.3) is 10.9 Å². The lowest BCUT2D eigenvalue weighted by atomic mass is 10.2. The summed E-state index contributed by atoms with van der Waals surface area (Å²) in [7, 11) is 0. The molecule has 0 saturated heterocycles. The molecule has 0 fully saturated rings. The Morgan fingerprint density at radius 2 is 1.95 bits per heavy atom. The van der Waals surface area contributed by atoms with Crippen LogP contribution in [-0.2, 0) is 0 Å². The lowest BCUT2D eigenvalue weighted by Gasteiger charge is -2.08. The Labute approximate surface area is 113 Å². The standard InChI is InChI=1S/C12H9ClN6/c13-10-17-11(14)19-12(18-10)16-9-5-1-4-8-7(9)3-2-6-15-8/h1-6H,(H3,14,16,17,18,19). The van der Waals surface area contributed by atoms with Gasteiger partial charge in [-0.25, -0.2) is 0 Å². The van der Waals surface area contributed by atoms with Gasteiger partial charge in [0.25, 0.3) is 0 Å². The van der Waals surface area contributed by atoms with E-state index in [1.807, 2.05) is 30.3 Å². The molecule has 3 aromatic rings. The van der Waals surface area contributed by atoms with Crippen LogP contribution in [0.15, 0.2) is 36.5 Å². The van der Waals surface area contributed by atoms with Crippen LogP contribution in [0.3, 0.4) is 0 Å². The molecule has 0 aliphatic rings. The van der Waals surface area contributed by atoms with Crippen LogP contribution in [0.4, 0.5) is 17.6 Å². The molecule has 94 valence electrons. The van der Waals surface area contributed by atoms with Gasteiger partial charge in [0.1, 0.15) is 0 Å². The summed E-state index contributed by atoms with van der Waals surface area (Å²) >= 11 is 5.74. The summed E-state index contributed by atoms with van der Waals surface area (Å²) in [6.45, 7) is 0. The molecule has 2 aromatic heterocycles. The lowest BCUT2D eigenvalue weighted by Crippen LogP contribution is -2.03. The molecule has 0 aliphatic heterocycles. The van der Waals surface area contributed by atoms with Crippen LogP contribution in [0, 0.1) is 0 Å². The third-order valence-corrected chi connectivity index (χ3v) is 2.69. The molecular formula is C12H9ClN6. The van der Waals surface area contributed by atoms with Crippen LogP contribution in [-0.4, -0.2) is 19.9 Å². The van der Waals surface area contributed by atoms with Crippen molar-refractivity contribution in [1.29, 1.82) is 0 Å². The highest BCUT2D eigenvalue weighted by Gasteiger charge is 2.05. The smallest absolute Gasteiger partial charge is 0.233 e. The number of nitrogens with two attached hydrogens (primary N) is 1. The number of anilines is 3. The predicted molar refractivity (Wildman–Crippen MR) is 74.3 cm³/mol. The quantitative estimate of drug-likeness (QED) is 0.744. The highest BCUT2D eigenvalue weighted by atomic mass is 35.5. The maximum atomic E-state index is 5.74. The number of halogens is 1. The maximum absolute atomic E-state index is 5.74. The number of nitrogens with one attached hydrogen (secondary N) is 1. The number of aromatic nitrogens is 4. The summed E-state index contributed by atoms with van der Waals surface area (Å²) in [6.07, 6.45) is 1.74. The molecule has 0 aliphatic carbocycles. The zero-order valence-electron chi connectivity index (χ0n) is 9.71. The molecule has 3 N–H and O–H groups in total. The van der Waals surface area contributed by atoms with Gasteiger partial charge in [0, 0.05) is 11.6 Å². The third-order valence-electron chi connectivity index (χ3n) is 2.52. The number of nitrogens with zero attached hydrogens (tertiary/aromatic N) is 4. The van der Waals surface area contributed by atoms with Gasteiger partial charge in [-0.2, -0.15) is 15.0 Å². The molecule has 19 heavy (non-hydrogen) atoms. The molecule has 0 bridgehead atoms. The van der Waals surface area contributed by atoms with Crippen LogP contribution in [0.5, 0.6) is 0 Å². The largest absolute Gasteiger partial charge is 0.368 e. The fraction of sp³-hybridized carbons (Fsp3) is 0. The van der Waals surface area contributed by atoms with Crippen LogP contribution >= 0.6 is 11.6 Å². The van der Waals surface area contributed by atoms with E-state index in [9.17, 15) is 0 Å². The van der Waals surface area contributed by atoms with Crippen LogP contribution < -0.4 is 11.1 Å². The maximum Gasteiger partial charge on any atom is 0.233 e. The van der Waals surface area contributed by atoms with Gasteiger partial charge in [-0.05, 0) is 35.9 Å². The average molecular weight is 273 g/mol. The number of pyridine rings is 1. The number of fused-ring (bicyclic) bond motifs is 1. The minimum Gasteiger partial charge on any atom is -0.368 e. The van der Waals surface area contributed by atoms with Gasteiger partial charge in [0.15, 0.2) is 0 Å². The minimum absolute atomic E-state index is 0.0494. The first-order valence-electron chi connectivity index (χ1n) is 5.50. The molecule has 0 amide bonds. The third kappa shape index (κ3) is 2.38. The summed E-state index contributed by atoms with van der Waals surface area (Å²) < 4.78 is 0. The Kier molecular flexibility index (Phi) is 2.85. The fourth-order valence-electron chi connectivity index (χ4n) is 1.75. The molecule has 7 heteroatoms. The topological polar surface area (TPSA) is 89.6 Å². The van der Waals surface area contributed by atoms with E-state index < -0.39 is 0 Å². The second-order valence-electron chi connectivity index (χ2n) is 3.79. The highest BCUT2D eigenvalue weighted by molar-refractivity contribution is 6.28. The van der Waals surface area contributed by atoms with Crippen molar-refractivity contribution in [3.8, 4) is 0 Å². The van der Waals surface area contributed by atoms with Gasteiger partial charge < -0.3 is 11.1 Å². The number of rotatable bonds is 2. The Hall–Kier alpha value is -2.47. The Bertz CT molecular complexity index is 720. The first-order valence-corrected chi connectivity index (χ1v) is 5.88. The number of nitrogen functional groups attached to an aromatic ring is 1. The van der Waals surface area contributed by atoms with Gasteiger partial charge in [0.05, 0.1) is 11.2 Å². The fourth-order valence-corrected chi connectivity index (χ4v) is 1.92. The van der Waals surface area contributed by atoms with Crippen molar-refractivity contribution in [2.45, 2.75) is 0 Å². The molecular weight excluding hydrogens is 264 g/mol. The zero-order valence-corrected chi connectivity index (χ0v) is 10.5. The average Bonchev–Trinajstić information content (AvgIpc) is 2.38. The van der Waals surface area contributed by atoms with Crippen molar-refractivity contribution < 1.29 is 0 Å². The van der Waals surface area contributed by atoms with Gasteiger partial charge in [-0.1, -0.05) is 6.07 Å². The lowest BCUT2D eigenvalue weighted by molar-refractivity contribution is 1.07. The highest BCUT2D eigenvalue weighted by Crippen LogP contribution is 2.24. The molecule has 0 atom stereocenters. The van der Waals surface area contributed by atoms with Gasteiger partial charge in [0.2, 0.25) is 17.2 Å². The van der Waals surface area contributed by atoms with Crippen molar-refractivity contribution >= 4 is 40.1 Å². The normalized spacial score (nSPS) is 10.6. The number of benzene rings is 1. The summed E-state index contributed by atoms with van der Waals surface area (Å²) in [6, 6.07) is 9.54. The first-order chi connectivity index (χ1) is 9.22. The molecule has 1 aromatic carbocycles. The summed E-state index contributed by atoms with van der Waals surface area (Å²) in [5.74, 6) is 0.370. The van der Waals surface area contributed by atoms with Gasteiger partial charge >= 0.3 is 0 Å². The van der Waals surface area contributed by atoms with Crippen molar-refractivity contribution in [3.63, 3.8) is 0 Å². The van der Waals surface area contributed by atoms with E-state index in [1.165, 1.54) is 0 Å². The van der Waals surface area contributed by atoms with Crippen LogP contribution in [0.1, 0.15) is 0 Å². The molecule has 0 saturated carbocycles. The SMILES string of the molecule is Nc1nc(Cl)nc(Nc2cccc3ncccc23)n1. The Morgan fingerprint density at radius 3 is 2.79 bits per heavy atom. The number of hydrogen-bond donors (Lipinski definition) is 2. The van der Waals surface area contributed by atoms with E-state index in [0.717, 1.165) is 16.6 Å². The van der Waals surface area contributed by atoms with Crippen molar-refractivity contribution in [1.82, 2.24) is 19.9 Å². The van der Waals surface area contributed by atoms with E-state index in [-0.39, 0.29) is 11.2 Å². The minimum atomic E-state index is 0.0494. The molecule has 0 radical (unpaired) electrons. The van der Waals surface area contributed by atoms with E-state index >= 15 is 0 Å². The van der Waals surface area contributed by atoms with Crippen molar-refractivity contribution in [2.75, 3.05) is 11.1 Å². The summed E-state index contributed by atoms with van der Waals surface area (Å²) in [5, 5.41) is 4.07. The zero-order chi connectivity index (χ0) is 13.2. The van der Waals surface area contributed by atoms with E-state index in [4.69, 9.17) is 17.3 Å². The predicted octanol–water partition coefficient (Wildman–Crippen LogP) is 2.40. The van der Waals surface area contributed by atoms with E-state index in [1.54, 1.807) is 6.20 Å². The second-order valence-corrected chi connectivity index (χ2v) is 4.12. The van der Waals surface area contributed by atoms with Gasteiger partial charge in [-0.3, -0.25) is 4.98 Å². The van der Waals surface area contributed by atoms with Crippen molar-refractivity contribution in [3.05, 3.63) is 41.8 Å². The molecule has 2 heterocycles. The van der Waals surface area contributed by atoms with Crippen molar-refractivity contribution in [2.24, 2.45) is 0 Å². The van der Waals surface area contributed by atoms with Gasteiger partial charge in [-0.15, -0.1) is 0 Å². The monoisotopic (exact) mass is 272 g/mol. The first kappa shape index (κ1) is 11.6. The Morgan fingerprint density at radius 1 is 1.05 bits per heavy atom. The Balaban J connectivity index is 2.05. The molecule has 6 nitrogen and oxygen atoms in total. The summed E-state index contributed by atoms with van der Waals surface area (Å²) in [5.41, 5.74) is 7.23. The van der Waals surface area contributed by atoms with E-state index in [0.29, 0.717) is 5.95 Å². The summed E-state index contributed by atoms with van der Waals surface area (Å²) in [4.78, 5) is 15.9. The molecule has 3 rings (SSSR count). The van der Waals surface area contributed by atoms with Crippen LogP contribution in [0.2, 0.25) is 5.28 Å². The van der Waals surface area contributed by atoms with E-state index in [2.05, 4.69) is 25.3 Å². The number of hydrogen-bond acceptors (Lipinski definition) is 6.